The molecule has 7 heteroatoms. The van der Waals surface area contributed by atoms with Crippen LogP contribution >= 0.6 is 0 Å². The first kappa shape index (κ1) is 18.8. The van der Waals surface area contributed by atoms with E-state index in [1.165, 1.54) is 15.7 Å². The van der Waals surface area contributed by atoms with Gasteiger partial charge in [0.05, 0.1) is 13.1 Å². The van der Waals surface area contributed by atoms with Gasteiger partial charge in [-0.3, -0.25) is 19.1 Å². The summed E-state index contributed by atoms with van der Waals surface area (Å²) in [6, 6.07) is 10.2. The Morgan fingerprint density at radius 2 is 2.00 bits per heavy atom. The minimum absolute atomic E-state index is 0.0347. The van der Waals surface area contributed by atoms with Crippen LogP contribution in [0.3, 0.4) is 0 Å². The molecule has 2 aromatic rings. The molecule has 3 rings (SSSR count). The van der Waals surface area contributed by atoms with E-state index in [9.17, 15) is 14.4 Å². The smallest absolute Gasteiger partial charge is 0.329 e. The van der Waals surface area contributed by atoms with Crippen molar-refractivity contribution >= 4 is 17.2 Å². The SMILES string of the molecule is CCCn1c(N)c(C(=O)C[NH+]2CC=C(c3ccccc3)CC2)c(=O)[nH]c1=O. The molecule has 1 aromatic carbocycles. The van der Waals surface area contributed by atoms with Crippen molar-refractivity contribution in [3.8, 4) is 0 Å². The van der Waals surface area contributed by atoms with E-state index < -0.39 is 11.2 Å². The molecule has 4 N–H and O–H groups in total. The molecule has 0 saturated carbocycles. The minimum atomic E-state index is -0.702. The first-order valence-corrected chi connectivity index (χ1v) is 9.25. The highest BCUT2D eigenvalue weighted by Crippen LogP contribution is 2.17. The maximum absolute atomic E-state index is 12.7. The third-order valence-electron chi connectivity index (χ3n) is 4.91. The zero-order valence-corrected chi connectivity index (χ0v) is 15.5. The number of nitrogens with zero attached hydrogens (tertiary/aromatic N) is 1. The van der Waals surface area contributed by atoms with Crippen molar-refractivity contribution in [1.82, 2.24) is 9.55 Å². The topological polar surface area (TPSA) is 102 Å². The third kappa shape index (κ3) is 4.09. The first-order chi connectivity index (χ1) is 13.0. The minimum Gasteiger partial charge on any atom is -0.384 e. The Labute approximate surface area is 157 Å². The highest BCUT2D eigenvalue weighted by atomic mass is 16.2. The number of aromatic nitrogens is 2. The van der Waals surface area contributed by atoms with Crippen LogP contribution in [0.25, 0.3) is 5.57 Å². The number of ketones is 1. The second-order valence-electron chi connectivity index (χ2n) is 6.82. The predicted octanol–water partition coefficient (Wildman–Crippen LogP) is 0.0837. The molecule has 1 atom stereocenters. The van der Waals surface area contributed by atoms with Gasteiger partial charge in [-0.15, -0.1) is 0 Å². The lowest BCUT2D eigenvalue weighted by Gasteiger charge is -2.23. The van der Waals surface area contributed by atoms with Crippen LogP contribution in [0, 0.1) is 0 Å². The van der Waals surface area contributed by atoms with E-state index in [1.807, 2.05) is 25.1 Å². The van der Waals surface area contributed by atoms with Crippen LogP contribution < -0.4 is 21.9 Å². The second kappa shape index (κ2) is 8.18. The molecule has 0 bridgehead atoms. The summed E-state index contributed by atoms with van der Waals surface area (Å²) in [5.41, 5.74) is 7.08. The number of carbonyl (C=O) groups excluding carboxylic acids is 1. The number of Topliss-reactive ketones (excluding diaryl/α,β-unsaturated/α-hetero) is 1. The molecule has 0 amide bonds. The number of nitrogen functional groups attached to an aromatic ring is 1. The number of benzene rings is 1. The molecule has 0 saturated heterocycles. The molecular formula is C20H25N4O3+. The third-order valence-corrected chi connectivity index (χ3v) is 4.91. The van der Waals surface area contributed by atoms with Gasteiger partial charge in [-0.2, -0.15) is 0 Å². The van der Waals surface area contributed by atoms with Crippen LogP contribution in [0.15, 0.2) is 46.0 Å². The zero-order chi connectivity index (χ0) is 19.4. The summed E-state index contributed by atoms with van der Waals surface area (Å²) in [5.74, 6) is -0.363. The van der Waals surface area contributed by atoms with E-state index in [2.05, 4.69) is 23.2 Å². The summed E-state index contributed by atoms with van der Waals surface area (Å²) in [4.78, 5) is 40.0. The lowest BCUT2D eigenvalue weighted by Crippen LogP contribution is -3.13. The molecule has 7 nitrogen and oxygen atoms in total. The van der Waals surface area contributed by atoms with Gasteiger partial charge < -0.3 is 10.6 Å². The average Bonchev–Trinajstić information content (AvgIpc) is 2.66. The number of H-pyrrole nitrogens is 1. The van der Waals surface area contributed by atoms with Crippen molar-refractivity contribution in [2.45, 2.75) is 26.3 Å². The number of carbonyl (C=O) groups is 1. The molecule has 1 aliphatic rings. The standard InChI is InChI=1S/C20H24N4O3/c1-2-10-24-18(21)17(19(26)22-20(24)27)16(25)13-23-11-8-15(9-12-23)14-6-4-3-5-7-14/h3-8H,2,9-13,21H2,1H3,(H,22,26,27)/p+1. The van der Waals surface area contributed by atoms with Gasteiger partial charge in [-0.05, 0) is 23.6 Å². The predicted molar refractivity (Wildman–Crippen MR) is 105 cm³/mol. The quantitative estimate of drug-likeness (QED) is 0.628. The molecule has 142 valence electrons. The molecule has 0 spiro atoms. The van der Waals surface area contributed by atoms with Crippen LogP contribution in [0.5, 0.6) is 0 Å². The monoisotopic (exact) mass is 369 g/mol. The number of hydrogen-bond acceptors (Lipinski definition) is 4. The van der Waals surface area contributed by atoms with Crippen molar-refractivity contribution in [3.63, 3.8) is 0 Å². The highest BCUT2D eigenvalue weighted by molar-refractivity contribution is 6.00. The number of aromatic amines is 1. The van der Waals surface area contributed by atoms with E-state index in [0.29, 0.717) is 19.5 Å². The van der Waals surface area contributed by atoms with Gasteiger partial charge in [-0.1, -0.05) is 37.3 Å². The van der Waals surface area contributed by atoms with Crippen molar-refractivity contribution < 1.29 is 9.69 Å². The number of nitrogens with one attached hydrogen (secondary N) is 2. The summed E-state index contributed by atoms with van der Waals surface area (Å²) < 4.78 is 1.26. The van der Waals surface area contributed by atoms with E-state index in [-0.39, 0.29) is 23.7 Å². The van der Waals surface area contributed by atoms with Crippen molar-refractivity contribution in [2.75, 3.05) is 25.4 Å². The Morgan fingerprint density at radius 3 is 2.63 bits per heavy atom. The Kier molecular flexibility index (Phi) is 5.71. The number of hydrogen-bond donors (Lipinski definition) is 3. The zero-order valence-electron chi connectivity index (χ0n) is 15.5. The van der Waals surface area contributed by atoms with E-state index in [4.69, 9.17) is 5.73 Å². The summed E-state index contributed by atoms with van der Waals surface area (Å²) >= 11 is 0. The largest absolute Gasteiger partial charge is 0.384 e. The van der Waals surface area contributed by atoms with E-state index >= 15 is 0 Å². The van der Waals surface area contributed by atoms with Gasteiger partial charge in [0.25, 0.3) is 5.56 Å². The summed E-state index contributed by atoms with van der Waals surface area (Å²) in [6.07, 6.45) is 3.69. The van der Waals surface area contributed by atoms with Crippen LogP contribution in [0.4, 0.5) is 5.82 Å². The van der Waals surface area contributed by atoms with Crippen molar-refractivity contribution in [2.24, 2.45) is 0 Å². The van der Waals surface area contributed by atoms with E-state index in [1.54, 1.807) is 0 Å². The van der Waals surface area contributed by atoms with Crippen LogP contribution in [0.2, 0.25) is 0 Å². The molecule has 1 aliphatic heterocycles. The second-order valence-corrected chi connectivity index (χ2v) is 6.82. The molecular weight excluding hydrogens is 344 g/mol. The summed E-state index contributed by atoms with van der Waals surface area (Å²) in [5, 5.41) is 0. The van der Waals surface area contributed by atoms with Gasteiger partial charge in [0, 0.05) is 13.0 Å². The lowest BCUT2D eigenvalue weighted by atomic mass is 9.99. The fraction of sp³-hybridized carbons (Fsp3) is 0.350. The van der Waals surface area contributed by atoms with Crippen molar-refractivity contribution in [3.05, 3.63) is 68.4 Å². The molecule has 0 fully saturated rings. The van der Waals surface area contributed by atoms with Gasteiger partial charge in [-0.25, -0.2) is 4.79 Å². The maximum atomic E-state index is 12.7. The summed E-state index contributed by atoms with van der Waals surface area (Å²) in [6.45, 7) is 3.95. The Morgan fingerprint density at radius 1 is 1.26 bits per heavy atom. The van der Waals surface area contributed by atoms with Gasteiger partial charge >= 0.3 is 5.69 Å². The van der Waals surface area contributed by atoms with Gasteiger partial charge in [0.1, 0.15) is 17.9 Å². The van der Waals surface area contributed by atoms with E-state index in [0.717, 1.165) is 17.9 Å². The Bertz CT molecular complexity index is 973. The van der Waals surface area contributed by atoms with Gasteiger partial charge in [0.15, 0.2) is 0 Å². The fourth-order valence-corrected chi connectivity index (χ4v) is 3.48. The normalized spacial score (nSPS) is 16.8. The number of quaternary nitrogens is 1. The fourth-order valence-electron chi connectivity index (χ4n) is 3.48. The van der Waals surface area contributed by atoms with Gasteiger partial charge in [0.2, 0.25) is 5.78 Å². The number of anilines is 1. The molecule has 27 heavy (non-hydrogen) atoms. The molecule has 1 unspecified atom stereocenters. The molecule has 2 heterocycles. The Balaban J connectivity index is 1.75. The molecule has 0 aliphatic carbocycles. The van der Waals surface area contributed by atoms with Crippen LogP contribution in [0.1, 0.15) is 35.7 Å². The van der Waals surface area contributed by atoms with Crippen LogP contribution in [-0.4, -0.2) is 35.0 Å². The number of nitrogens with two attached hydrogens (primary N) is 1. The van der Waals surface area contributed by atoms with Crippen molar-refractivity contribution in [1.29, 1.82) is 0 Å². The summed E-state index contributed by atoms with van der Waals surface area (Å²) in [7, 11) is 0. The number of rotatable bonds is 6. The lowest BCUT2D eigenvalue weighted by molar-refractivity contribution is -0.886. The highest BCUT2D eigenvalue weighted by Gasteiger charge is 2.24. The molecule has 0 radical (unpaired) electrons. The molecule has 1 aromatic heterocycles. The Hall–Kier alpha value is -2.93. The maximum Gasteiger partial charge on any atom is 0.329 e. The first-order valence-electron chi connectivity index (χ1n) is 9.25. The van der Waals surface area contributed by atoms with Crippen LogP contribution in [-0.2, 0) is 6.54 Å². The average molecular weight is 369 g/mol.